The highest BCUT2D eigenvalue weighted by molar-refractivity contribution is 6.29. The van der Waals surface area contributed by atoms with Crippen LogP contribution in [0, 0.1) is 0 Å². The second kappa shape index (κ2) is 3.52. The van der Waals surface area contributed by atoms with Gasteiger partial charge in [-0.3, -0.25) is 4.39 Å². The minimum atomic E-state index is -0.382. The third kappa shape index (κ3) is 1.95. The molecule has 1 rings (SSSR count). The van der Waals surface area contributed by atoms with Crippen LogP contribution in [0.2, 0.25) is 5.15 Å². The van der Waals surface area contributed by atoms with Gasteiger partial charge in [0.25, 0.3) is 0 Å². The van der Waals surface area contributed by atoms with Crippen molar-refractivity contribution in [3.63, 3.8) is 0 Å². The molecule has 0 N–H and O–H groups in total. The van der Waals surface area contributed by atoms with Crippen molar-refractivity contribution >= 4 is 11.6 Å². The number of aryl methyl sites for hydroxylation is 1. The standard InChI is InChI=1S/C7H7ClFN/c8-7-3-1-2-6(10-7)4-5-9/h1-3H,4-5H2. The van der Waals surface area contributed by atoms with Gasteiger partial charge in [-0.1, -0.05) is 17.7 Å². The summed E-state index contributed by atoms with van der Waals surface area (Å²) in [5, 5.41) is 0.422. The van der Waals surface area contributed by atoms with Crippen LogP contribution in [-0.4, -0.2) is 11.7 Å². The van der Waals surface area contributed by atoms with Crippen LogP contribution < -0.4 is 0 Å². The van der Waals surface area contributed by atoms with Gasteiger partial charge in [0.05, 0.1) is 6.67 Å². The SMILES string of the molecule is FCCc1cccc(Cl)n1. The molecule has 0 aromatic carbocycles. The Hall–Kier alpha value is -0.630. The molecule has 0 saturated carbocycles. The topological polar surface area (TPSA) is 12.9 Å². The minimum absolute atomic E-state index is 0.348. The van der Waals surface area contributed by atoms with E-state index >= 15 is 0 Å². The van der Waals surface area contributed by atoms with Gasteiger partial charge in [-0.15, -0.1) is 0 Å². The fraction of sp³-hybridized carbons (Fsp3) is 0.286. The van der Waals surface area contributed by atoms with Gasteiger partial charge >= 0.3 is 0 Å². The number of alkyl halides is 1. The first-order chi connectivity index (χ1) is 4.83. The average molecular weight is 160 g/mol. The minimum Gasteiger partial charge on any atom is -0.251 e. The Morgan fingerprint density at radius 2 is 2.30 bits per heavy atom. The zero-order valence-electron chi connectivity index (χ0n) is 5.35. The molecule has 0 aliphatic heterocycles. The first kappa shape index (κ1) is 7.48. The van der Waals surface area contributed by atoms with Crippen molar-refractivity contribution in [1.82, 2.24) is 4.98 Å². The number of nitrogens with zero attached hydrogens (tertiary/aromatic N) is 1. The molecule has 0 bridgehead atoms. The summed E-state index contributed by atoms with van der Waals surface area (Å²) in [7, 11) is 0. The molecule has 0 spiro atoms. The van der Waals surface area contributed by atoms with Crippen LogP contribution in [0.15, 0.2) is 18.2 Å². The lowest BCUT2D eigenvalue weighted by Gasteiger charge is -1.94. The van der Waals surface area contributed by atoms with Crippen LogP contribution in [0.5, 0.6) is 0 Å². The van der Waals surface area contributed by atoms with Crippen molar-refractivity contribution in [1.29, 1.82) is 0 Å². The number of hydrogen-bond acceptors (Lipinski definition) is 1. The quantitative estimate of drug-likeness (QED) is 0.604. The predicted octanol–water partition coefficient (Wildman–Crippen LogP) is 2.25. The average Bonchev–Trinajstić information content (AvgIpc) is 1.88. The highest BCUT2D eigenvalue weighted by Crippen LogP contribution is 2.05. The van der Waals surface area contributed by atoms with Crippen LogP contribution in [0.3, 0.4) is 0 Å². The van der Waals surface area contributed by atoms with Crippen LogP contribution in [0.1, 0.15) is 5.69 Å². The molecule has 54 valence electrons. The van der Waals surface area contributed by atoms with Crippen molar-refractivity contribution < 1.29 is 4.39 Å². The van der Waals surface area contributed by atoms with Crippen molar-refractivity contribution in [3.05, 3.63) is 29.0 Å². The molecule has 0 unspecified atom stereocenters. The summed E-state index contributed by atoms with van der Waals surface area (Å²) in [5.74, 6) is 0. The first-order valence-electron chi connectivity index (χ1n) is 3.00. The Bertz CT molecular complexity index is 215. The summed E-state index contributed by atoms with van der Waals surface area (Å²) in [5.41, 5.74) is 0.704. The maximum atomic E-state index is 11.7. The monoisotopic (exact) mass is 159 g/mol. The lowest BCUT2D eigenvalue weighted by Crippen LogP contribution is -1.90. The summed E-state index contributed by atoms with van der Waals surface area (Å²) in [4.78, 5) is 3.89. The molecule has 3 heteroatoms. The molecule has 0 fully saturated rings. The highest BCUT2D eigenvalue weighted by atomic mass is 35.5. The Kier molecular flexibility index (Phi) is 2.63. The number of rotatable bonds is 2. The molecule has 0 atom stereocenters. The fourth-order valence-electron chi connectivity index (χ4n) is 0.686. The molecular formula is C7H7ClFN. The maximum absolute atomic E-state index is 11.7. The van der Waals surface area contributed by atoms with E-state index in [9.17, 15) is 4.39 Å². The van der Waals surface area contributed by atoms with Crippen molar-refractivity contribution in [2.24, 2.45) is 0 Å². The van der Waals surface area contributed by atoms with Crippen molar-refractivity contribution in [2.75, 3.05) is 6.67 Å². The smallest absolute Gasteiger partial charge is 0.129 e. The predicted molar refractivity (Wildman–Crippen MR) is 38.9 cm³/mol. The first-order valence-corrected chi connectivity index (χ1v) is 3.38. The third-order valence-corrected chi connectivity index (χ3v) is 1.33. The van der Waals surface area contributed by atoms with Crippen molar-refractivity contribution in [2.45, 2.75) is 6.42 Å². The van der Waals surface area contributed by atoms with Gasteiger partial charge in [0.2, 0.25) is 0 Å². The molecule has 0 aliphatic rings. The Morgan fingerprint density at radius 3 is 2.90 bits per heavy atom. The van der Waals surface area contributed by atoms with Gasteiger partial charge < -0.3 is 0 Å². The van der Waals surface area contributed by atoms with E-state index in [-0.39, 0.29) is 6.67 Å². The van der Waals surface area contributed by atoms with Crippen LogP contribution >= 0.6 is 11.6 Å². The summed E-state index contributed by atoms with van der Waals surface area (Å²) in [6, 6.07) is 5.19. The molecule has 0 amide bonds. The zero-order chi connectivity index (χ0) is 7.40. The molecular weight excluding hydrogens is 153 g/mol. The van der Waals surface area contributed by atoms with E-state index in [0.29, 0.717) is 17.3 Å². The van der Waals surface area contributed by atoms with E-state index in [1.807, 2.05) is 0 Å². The maximum Gasteiger partial charge on any atom is 0.129 e. The third-order valence-electron chi connectivity index (χ3n) is 1.12. The fourth-order valence-corrected chi connectivity index (χ4v) is 0.868. The normalized spacial score (nSPS) is 9.80. The molecule has 1 heterocycles. The number of aromatic nitrogens is 1. The van der Waals surface area contributed by atoms with Crippen LogP contribution in [0.4, 0.5) is 4.39 Å². The molecule has 1 aromatic heterocycles. The van der Waals surface area contributed by atoms with E-state index in [4.69, 9.17) is 11.6 Å². The van der Waals surface area contributed by atoms with Gasteiger partial charge in [-0.25, -0.2) is 4.98 Å². The number of hydrogen-bond donors (Lipinski definition) is 0. The number of halogens is 2. The van der Waals surface area contributed by atoms with E-state index < -0.39 is 0 Å². The Labute approximate surface area is 63.8 Å². The number of pyridine rings is 1. The lowest BCUT2D eigenvalue weighted by atomic mass is 10.3. The molecule has 0 aliphatic carbocycles. The van der Waals surface area contributed by atoms with E-state index in [1.165, 1.54) is 0 Å². The zero-order valence-corrected chi connectivity index (χ0v) is 6.11. The summed E-state index contributed by atoms with van der Waals surface area (Å²) in [6.07, 6.45) is 0.348. The second-order valence-electron chi connectivity index (χ2n) is 1.89. The molecule has 1 aromatic rings. The van der Waals surface area contributed by atoms with Gasteiger partial charge in [0, 0.05) is 12.1 Å². The van der Waals surface area contributed by atoms with Gasteiger partial charge in [-0.2, -0.15) is 0 Å². The summed E-state index contributed by atoms with van der Waals surface area (Å²) in [6.45, 7) is -0.382. The molecule has 1 nitrogen and oxygen atoms in total. The summed E-state index contributed by atoms with van der Waals surface area (Å²) >= 11 is 5.55. The largest absolute Gasteiger partial charge is 0.251 e. The Morgan fingerprint density at radius 1 is 1.50 bits per heavy atom. The molecule has 0 radical (unpaired) electrons. The van der Waals surface area contributed by atoms with Gasteiger partial charge in [-0.05, 0) is 12.1 Å². The Balaban J connectivity index is 2.75. The molecule has 0 saturated heterocycles. The van der Waals surface area contributed by atoms with Gasteiger partial charge in [0.1, 0.15) is 5.15 Å². The van der Waals surface area contributed by atoms with Crippen LogP contribution in [-0.2, 0) is 6.42 Å². The highest BCUT2D eigenvalue weighted by Gasteiger charge is 1.93. The lowest BCUT2D eigenvalue weighted by molar-refractivity contribution is 0.492. The van der Waals surface area contributed by atoms with E-state index in [2.05, 4.69) is 4.98 Å². The van der Waals surface area contributed by atoms with Crippen LogP contribution in [0.25, 0.3) is 0 Å². The van der Waals surface area contributed by atoms with E-state index in [0.717, 1.165) is 0 Å². The second-order valence-corrected chi connectivity index (χ2v) is 2.28. The van der Waals surface area contributed by atoms with Crippen molar-refractivity contribution in [3.8, 4) is 0 Å². The molecule has 10 heavy (non-hydrogen) atoms. The summed E-state index contributed by atoms with van der Waals surface area (Å²) < 4.78 is 11.7. The van der Waals surface area contributed by atoms with E-state index in [1.54, 1.807) is 18.2 Å². The van der Waals surface area contributed by atoms with Gasteiger partial charge in [0.15, 0.2) is 0 Å².